The van der Waals surface area contributed by atoms with Crippen molar-refractivity contribution in [2.24, 2.45) is 0 Å². The molecule has 246 valence electrons. The van der Waals surface area contributed by atoms with Gasteiger partial charge in [0, 0.05) is 59.3 Å². The first-order valence-electron chi connectivity index (χ1n) is 16.9. The molecule has 1 unspecified atom stereocenters. The first kappa shape index (κ1) is 32.7. The third-order valence-corrected chi connectivity index (χ3v) is 9.03. The molecule has 1 aliphatic rings. The number of rotatable bonds is 13. The second kappa shape index (κ2) is 15.1. The summed E-state index contributed by atoms with van der Waals surface area (Å²) in [6, 6.07) is 38.9. The predicted molar refractivity (Wildman–Crippen MR) is 195 cm³/mol. The van der Waals surface area contributed by atoms with Crippen molar-refractivity contribution < 1.29 is 19.0 Å². The van der Waals surface area contributed by atoms with Crippen molar-refractivity contribution in [2.75, 3.05) is 37.1 Å². The van der Waals surface area contributed by atoms with E-state index in [9.17, 15) is 4.79 Å². The lowest BCUT2D eigenvalue weighted by molar-refractivity contribution is 0.0599. The number of benzene rings is 5. The molecular weight excluding hydrogens is 596 g/mol. The van der Waals surface area contributed by atoms with Gasteiger partial charge in [0.05, 0.1) is 25.5 Å². The Bertz CT molecular complexity index is 1790. The number of ether oxygens (including phenoxy) is 3. The van der Waals surface area contributed by atoms with E-state index in [1.165, 1.54) is 7.11 Å². The van der Waals surface area contributed by atoms with Gasteiger partial charge in [-0.15, -0.1) is 0 Å². The number of fused-ring (bicyclic) bond motifs is 2. The fourth-order valence-electron chi connectivity index (χ4n) is 6.58. The summed E-state index contributed by atoms with van der Waals surface area (Å²) in [6.07, 6.45) is 4.52. The predicted octanol–water partition coefficient (Wildman–Crippen LogP) is 10.6. The Hall–Kier alpha value is -5.23. The molecule has 5 aromatic rings. The molecule has 0 fully saturated rings. The quantitative estimate of drug-likeness (QED) is 0.117. The van der Waals surface area contributed by atoms with Gasteiger partial charge in [-0.3, -0.25) is 0 Å². The van der Waals surface area contributed by atoms with Crippen LogP contribution in [0.2, 0.25) is 0 Å². The number of hydrogen-bond donors (Lipinski definition) is 0. The van der Waals surface area contributed by atoms with Crippen molar-refractivity contribution in [1.82, 2.24) is 0 Å². The van der Waals surface area contributed by atoms with Gasteiger partial charge in [-0.2, -0.15) is 0 Å². The van der Waals surface area contributed by atoms with Crippen LogP contribution in [0, 0.1) is 0 Å². The Labute approximate surface area is 284 Å². The van der Waals surface area contributed by atoms with Crippen LogP contribution in [0.3, 0.4) is 0 Å². The third kappa shape index (κ3) is 6.61. The molecule has 5 aromatic carbocycles. The molecule has 0 aromatic heterocycles. The molecule has 0 amide bonds. The minimum Gasteiger partial charge on any atom is -0.494 e. The Morgan fingerprint density at radius 3 is 1.88 bits per heavy atom. The zero-order valence-electron chi connectivity index (χ0n) is 28.3. The minimum absolute atomic E-state index is 0.300. The molecule has 0 aliphatic carbocycles. The molecule has 0 radical (unpaired) electrons. The third-order valence-electron chi connectivity index (χ3n) is 9.03. The second-order valence-corrected chi connectivity index (χ2v) is 12.1. The van der Waals surface area contributed by atoms with Crippen LogP contribution in [0.25, 0.3) is 0 Å². The van der Waals surface area contributed by atoms with Crippen molar-refractivity contribution in [3.8, 4) is 17.2 Å². The zero-order chi connectivity index (χ0) is 33.5. The van der Waals surface area contributed by atoms with Gasteiger partial charge in [-0.1, -0.05) is 87.4 Å². The van der Waals surface area contributed by atoms with E-state index < -0.39 is 0 Å². The molecular formula is C42H44N2O4. The summed E-state index contributed by atoms with van der Waals surface area (Å²) < 4.78 is 18.2. The van der Waals surface area contributed by atoms with Crippen molar-refractivity contribution in [1.29, 1.82) is 0 Å². The van der Waals surface area contributed by atoms with Crippen LogP contribution >= 0.6 is 0 Å². The first-order valence-corrected chi connectivity index (χ1v) is 16.9. The topological polar surface area (TPSA) is 51.2 Å². The molecule has 6 nitrogen and oxygen atoms in total. The van der Waals surface area contributed by atoms with E-state index in [4.69, 9.17) is 14.2 Å². The van der Waals surface area contributed by atoms with Crippen LogP contribution in [0.5, 0.6) is 17.2 Å². The lowest BCUT2D eigenvalue weighted by atomic mass is 9.80. The number of esters is 1. The molecule has 1 aliphatic heterocycles. The lowest BCUT2D eigenvalue weighted by Gasteiger charge is -2.34. The molecule has 0 saturated heterocycles. The van der Waals surface area contributed by atoms with Gasteiger partial charge in [-0.05, 0) is 60.9 Å². The van der Waals surface area contributed by atoms with Gasteiger partial charge in [0.25, 0.3) is 0 Å². The monoisotopic (exact) mass is 640 g/mol. The maximum absolute atomic E-state index is 13.2. The van der Waals surface area contributed by atoms with E-state index >= 15 is 0 Å². The van der Waals surface area contributed by atoms with Crippen LogP contribution in [0.4, 0.5) is 22.7 Å². The normalized spacial score (nSPS) is 13.1. The zero-order valence-corrected chi connectivity index (χ0v) is 28.3. The summed E-state index contributed by atoms with van der Waals surface area (Å²) in [6.45, 7) is 6.44. The SMILES string of the molecule is CCCCN(CCCC)c1ccc2c(c1)Oc1cc(OC)c(N(c3ccccc3)c3ccccc3)cc1C2c1ccccc1C(=O)OC. The average molecular weight is 641 g/mol. The van der Waals surface area contributed by atoms with Crippen LogP contribution in [0.15, 0.2) is 115 Å². The number of methoxy groups -OCH3 is 2. The standard InChI is InChI=1S/C42H44N2O4/c1-5-7-25-43(26-8-6-2)32-23-24-35-38(27-32)48-39-29-40(46-3)37(44(30-17-11-9-12-18-30)31-19-13-10-14-20-31)28-36(39)41(35)33-21-15-16-22-34(33)42(45)47-4/h9-24,27-29,41H,5-8,25-26H2,1-4H3. The Kier molecular flexibility index (Phi) is 10.3. The van der Waals surface area contributed by atoms with Crippen LogP contribution in [-0.2, 0) is 4.74 Å². The van der Waals surface area contributed by atoms with Gasteiger partial charge in [0.15, 0.2) is 0 Å². The highest BCUT2D eigenvalue weighted by Gasteiger charge is 2.34. The van der Waals surface area contributed by atoms with E-state index in [1.54, 1.807) is 7.11 Å². The smallest absolute Gasteiger partial charge is 0.338 e. The molecule has 6 heteroatoms. The number of carbonyl (C=O) groups is 1. The Morgan fingerprint density at radius 1 is 0.667 bits per heavy atom. The van der Waals surface area contributed by atoms with Gasteiger partial charge >= 0.3 is 5.97 Å². The molecule has 1 heterocycles. The Balaban J connectivity index is 1.57. The number of unbranched alkanes of at least 4 members (excludes halogenated alkanes) is 2. The van der Waals surface area contributed by atoms with Gasteiger partial charge < -0.3 is 24.0 Å². The summed E-state index contributed by atoms with van der Waals surface area (Å²) in [7, 11) is 3.12. The summed E-state index contributed by atoms with van der Waals surface area (Å²) in [4.78, 5) is 17.9. The van der Waals surface area contributed by atoms with Crippen LogP contribution < -0.4 is 19.3 Å². The second-order valence-electron chi connectivity index (χ2n) is 12.1. The van der Waals surface area contributed by atoms with E-state index in [1.807, 2.05) is 66.7 Å². The number of nitrogens with zero attached hydrogens (tertiary/aromatic N) is 2. The maximum atomic E-state index is 13.2. The minimum atomic E-state index is -0.369. The molecule has 6 rings (SSSR count). The number of anilines is 4. The highest BCUT2D eigenvalue weighted by atomic mass is 16.5. The van der Waals surface area contributed by atoms with Crippen LogP contribution in [-0.4, -0.2) is 33.3 Å². The van der Waals surface area contributed by atoms with Gasteiger partial charge in [0.2, 0.25) is 0 Å². The van der Waals surface area contributed by atoms with Crippen molar-refractivity contribution in [3.63, 3.8) is 0 Å². The van der Waals surface area contributed by atoms with Crippen molar-refractivity contribution >= 4 is 28.7 Å². The van der Waals surface area contributed by atoms with E-state index in [2.05, 4.69) is 72.2 Å². The molecule has 0 spiro atoms. The summed E-state index contributed by atoms with van der Waals surface area (Å²) in [5, 5.41) is 0. The fraction of sp³-hybridized carbons (Fsp3) is 0.262. The summed E-state index contributed by atoms with van der Waals surface area (Å²) in [5.41, 5.74) is 7.32. The van der Waals surface area contributed by atoms with E-state index in [0.717, 1.165) is 84.0 Å². The number of hydrogen-bond acceptors (Lipinski definition) is 6. The molecule has 0 saturated carbocycles. The molecule has 0 N–H and O–H groups in total. The molecule has 1 atom stereocenters. The molecule has 48 heavy (non-hydrogen) atoms. The lowest BCUT2D eigenvalue weighted by Crippen LogP contribution is -2.26. The fourth-order valence-corrected chi connectivity index (χ4v) is 6.58. The number of para-hydroxylation sites is 2. The van der Waals surface area contributed by atoms with E-state index in [0.29, 0.717) is 17.1 Å². The first-order chi connectivity index (χ1) is 23.6. The van der Waals surface area contributed by atoms with Gasteiger partial charge in [0.1, 0.15) is 17.2 Å². The van der Waals surface area contributed by atoms with E-state index in [-0.39, 0.29) is 11.9 Å². The molecule has 0 bridgehead atoms. The Morgan fingerprint density at radius 2 is 1.27 bits per heavy atom. The number of carbonyl (C=O) groups excluding carboxylic acids is 1. The maximum Gasteiger partial charge on any atom is 0.338 e. The summed E-state index contributed by atoms with van der Waals surface area (Å²) in [5.74, 6) is 1.48. The largest absolute Gasteiger partial charge is 0.494 e. The highest BCUT2D eigenvalue weighted by Crippen LogP contribution is 2.53. The summed E-state index contributed by atoms with van der Waals surface area (Å²) >= 11 is 0. The average Bonchev–Trinajstić information content (AvgIpc) is 3.14. The van der Waals surface area contributed by atoms with Crippen molar-refractivity contribution in [2.45, 2.75) is 45.4 Å². The van der Waals surface area contributed by atoms with Crippen LogP contribution in [0.1, 0.15) is 72.5 Å². The van der Waals surface area contributed by atoms with Gasteiger partial charge in [-0.25, -0.2) is 4.79 Å². The van der Waals surface area contributed by atoms with Crippen molar-refractivity contribution in [3.05, 3.63) is 138 Å². The highest BCUT2D eigenvalue weighted by molar-refractivity contribution is 5.92.